The second kappa shape index (κ2) is 10.5. The molecule has 0 saturated heterocycles. The van der Waals surface area contributed by atoms with E-state index in [2.05, 4.69) is 5.32 Å². The van der Waals surface area contributed by atoms with Gasteiger partial charge in [-0.25, -0.2) is 4.79 Å². The largest absolute Gasteiger partial charge is 0.462 e. The van der Waals surface area contributed by atoms with Crippen LogP contribution in [0.2, 0.25) is 0 Å². The molecule has 1 aromatic carbocycles. The second-order valence-electron chi connectivity index (χ2n) is 8.90. The summed E-state index contributed by atoms with van der Waals surface area (Å²) < 4.78 is 10.6. The quantitative estimate of drug-likeness (QED) is 0.565. The molecule has 180 valence electrons. The van der Waals surface area contributed by atoms with E-state index >= 15 is 0 Å². The highest BCUT2D eigenvalue weighted by molar-refractivity contribution is 7.20. The Hall–Kier alpha value is -3.00. The zero-order valence-electron chi connectivity index (χ0n) is 19.4. The lowest BCUT2D eigenvalue weighted by atomic mass is 9.67. The topological polar surface area (TPSA) is 98.8 Å². The van der Waals surface area contributed by atoms with Crippen LogP contribution in [0.25, 0.3) is 10.4 Å². The molecular formula is C26H29NO6S. The molecule has 2 saturated carbocycles. The SMILES string of the molecule is CCOC(=O)c1cc(-c2ccccc2)sc1NC(=O)C(C)OC(=O)C1CC2CCCC(C1)C2=O. The maximum absolute atomic E-state index is 12.9. The minimum atomic E-state index is -1.04. The summed E-state index contributed by atoms with van der Waals surface area (Å²) in [6, 6.07) is 11.2. The zero-order valence-corrected chi connectivity index (χ0v) is 20.2. The lowest BCUT2D eigenvalue weighted by Gasteiger charge is -2.36. The molecule has 1 N–H and O–H groups in total. The van der Waals surface area contributed by atoms with E-state index in [9.17, 15) is 19.2 Å². The minimum Gasteiger partial charge on any atom is -0.462 e. The molecule has 3 unspecified atom stereocenters. The number of benzene rings is 1. The van der Waals surface area contributed by atoms with Crippen LogP contribution in [-0.4, -0.2) is 36.3 Å². The molecule has 2 fully saturated rings. The number of ketones is 1. The van der Waals surface area contributed by atoms with E-state index in [1.54, 1.807) is 13.0 Å². The first-order valence-electron chi connectivity index (χ1n) is 11.8. The van der Waals surface area contributed by atoms with Crippen molar-refractivity contribution in [3.63, 3.8) is 0 Å². The smallest absolute Gasteiger partial charge is 0.341 e. The molecule has 8 heteroatoms. The molecule has 0 aliphatic heterocycles. The molecule has 34 heavy (non-hydrogen) atoms. The zero-order chi connectivity index (χ0) is 24.2. The van der Waals surface area contributed by atoms with E-state index in [4.69, 9.17) is 9.47 Å². The van der Waals surface area contributed by atoms with Crippen molar-refractivity contribution in [2.45, 2.75) is 52.1 Å². The van der Waals surface area contributed by atoms with Crippen molar-refractivity contribution in [2.75, 3.05) is 11.9 Å². The number of fused-ring (bicyclic) bond motifs is 2. The van der Waals surface area contributed by atoms with Crippen LogP contribution in [0.1, 0.15) is 56.3 Å². The van der Waals surface area contributed by atoms with Gasteiger partial charge in [-0.15, -0.1) is 11.3 Å². The summed E-state index contributed by atoms with van der Waals surface area (Å²) in [6.07, 6.45) is 2.64. The maximum atomic E-state index is 12.9. The van der Waals surface area contributed by atoms with E-state index in [0.29, 0.717) is 17.8 Å². The Bertz CT molecular complexity index is 1060. The first-order valence-corrected chi connectivity index (χ1v) is 12.6. The summed E-state index contributed by atoms with van der Waals surface area (Å²) in [6.45, 7) is 3.44. The Kier molecular flexibility index (Phi) is 7.46. The van der Waals surface area contributed by atoms with Crippen molar-refractivity contribution in [3.05, 3.63) is 42.0 Å². The maximum Gasteiger partial charge on any atom is 0.341 e. The van der Waals surface area contributed by atoms with Crippen molar-refractivity contribution in [1.29, 1.82) is 0 Å². The van der Waals surface area contributed by atoms with Gasteiger partial charge in [0.05, 0.1) is 18.1 Å². The fourth-order valence-corrected chi connectivity index (χ4v) is 5.85. The molecular weight excluding hydrogens is 454 g/mol. The van der Waals surface area contributed by atoms with Gasteiger partial charge in [-0.1, -0.05) is 36.8 Å². The van der Waals surface area contributed by atoms with Crippen molar-refractivity contribution in [1.82, 2.24) is 0 Å². The highest BCUT2D eigenvalue weighted by atomic mass is 32.1. The predicted molar refractivity (Wildman–Crippen MR) is 128 cm³/mol. The van der Waals surface area contributed by atoms with Crippen LogP contribution in [0.4, 0.5) is 5.00 Å². The first-order chi connectivity index (χ1) is 16.4. The van der Waals surface area contributed by atoms with Gasteiger partial charge in [0, 0.05) is 16.7 Å². The van der Waals surface area contributed by atoms with Gasteiger partial charge in [0.1, 0.15) is 10.8 Å². The number of thiophene rings is 1. The van der Waals surface area contributed by atoms with Crippen molar-refractivity contribution >= 4 is 40.0 Å². The fraction of sp³-hybridized carbons (Fsp3) is 0.462. The summed E-state index contributed by atoms with van der Waals surface area (Å²) in [5.74, 6) is -1.70. The number of amides is 1. The van der Waals surface area contributed by atoms with E-state index in [-0.39, 0.29) is 35.7 Å². The van der Waals surface area contributed by atoms with Crippen LogP contribution in [-0.2, 0) is 23.9 Å². The van der Waals surface area contributed by atoms with Crippen LogP contribution >= 0.6 is 11.3 Å². The minimum absolute atomic E-state index is 0.0659. The summed E-state index contributed by atoms with van der Waals surface area (Å²) in [5.41, 5.74) is 1.17. The van der Waals surface area contributed by atoms with Gasteiger partial charge in [-0.05, 0) is 51.2 Å². The Morgan fingerprint density at radius 3 is 2.44 bits per heavy atom. The average molecular weight is 484 g/mol. The monoisotopic (exact) mass is 483 g/mol. The highest BCUT2D eigenvalue weighted by Crippen LogP contribution is 2.41. The number of carbonyl (C=O) groups is 4. The second-order valence-corrected chi connectivity index (χ2v) is 9.96. The van der Waals surface area contributed by atoms with Crippen molar-refractivity contribution in [3.8, 4) is 10.4 Å². The molecule has 1 heterocycles. The number of esters is 2. The average Bonchev–Trinajstić information content (AvgIpc) is 3.23. The van der Waals surface area contributed by atoms with Crippen molar-refractivity contribution < 1.29 is 28.7 Å². The number of hydrogen-bond acceptors (Lipinski definition) is 7. The summed E-state index contributed by atoms with van der Waals surface area (Å²) >= 11 is 1.26. The lowest BCUT2D eigenvalue weighted by Crippen LogP contribution is -2.41. The lowest BCUT2D eigenvalue weighted by molar-refractivity contribution is -0.161. The molecule has 2 aliphatic carbocycles. The van der Waals surface area contributed by atoms with Crippen LogP contribution < -0.4 is 5.32 Å². The molecule has 7 nitrogen and oxygen atoms in total. The predicted octanol–water partition coefficient (Wildman–Crippen LogP) is 4.86. The van der Waals surface area contributed by atoms with Gasteiger partial charge in [-0.3, -0.25) is 14.4 Å². The van der Waals surface area contributed by atoms with Gasteiger partial charge in [0.25, 0.3) is 5.91 Å². The van der Waals surface area contributed by atoms with Gasteiger partial charge in [0.2, 0.25) is 0 Å². The molecule has 1 aromatic heterocycles. The number of ether oxygens (including phenoxy) is 2. The van der Waals surface area contributed by atoms with Crippen LogP contribution in [0.3, 0.4) is 0 Å². The Morgan fingerprint density at radius 2 is 1.79 bits per heavy atom. The first kappa shape index (κ1) is 24.1. The normalized spacial score (nSPS) is 22.5. The highest BCUT2D eigenvalue weighted by Gasteiger charge is 2.42. The third kappa shape index (κ3) is 5.22. The van der Waals surface area contributed by atoms with Gasteiger partial charge in [0.15, 0.2) is 6.10 Å². The molecule has 0 radical (unpaired) electrons. The van der Waals surface area contributed by atoms with E-state index in [0.717, 1.165) is 29.7 Å². The van der Waals surface area contributed by atoms with Crippen LogP contribution in [0.5, 0.6) is 0 Å². The number of rotatable bonds is 7. The number of anilines is 1. The number of hydrogen-bond donors (Lipinski definition) is 1. The number of Topliss-reactive ketones (excluding diaryl/α,β-unsaturated/α-hetero) is 1. The third-order valence-electron chi connectivity index (χ3n) is 6.57. The van der Waals surface area contributed by atoms with Gasteiger partial charge >= 0.3 is 11.9 Å². The fourth-order valence-electron chi connectivity index (χ4n) is 4.80. The molecule has 2 bridgehead atoms. The van der Waals surface area contributed by atoms with Crippen LogP contribution in [0, 0.1) is 17.8 Å². The number of carbonyl (C=O) groups excluding carboxylic acids is 4. The Morgan fingerprint density at radius 1 is 1.12 bits per heavy atom. The van der Waals surface area contributed by atoms with E-state index < -0.39 is 23.9 Å². The molecule has 2 aliphatic rings. The molecule has 4 rings (SSSR count). The number of nitrogens with one attached hydrogen (secondary N) is 1. The standard InChI is InChI=1S/C26H29NO6S/c1-3-32-26(31)20-14-21(16-8-5-4-6-9-16)34-24(20)27-23(29)15(2)33-25(30)19-12-17-10-7-11-18(13-19)22(17)28/h4-6,8-9,14-15,17-19H,3,7,10-13H2,1-2H3,(H,27,29). The van der Waals surface area contributed by atoms with E-state index in [1.165, 1.54) is 18.3 Å². The summed E-state index contributed by atoms with van der Waals surface area (Å²) in [4.78, 5) is 51.2. The molecule has 0 spiro atoms. The van der Waals surface area contributed by atoms with Crippen molar-refractivity contribution in [2.24, 2.45) is 17.8 Å². The summed E-state index contributed by atoms with van der Waals surface area (Å²) in [5, 5.41) is 3.09. The summed E-state index contributed by atoms with van der Waals surface area (Å²) in [7, 11) is 0. The van der Waals surface area contributed by atoms with Gasteiger partial charge < -0.3 is 14.8 Å². The Labute approximate surface area is 202 Å². The third-order valence-corrected chi connectivity index (χ3v) is 7.67. The Balaban J connectivity index is 1.44. The molecule has 2 aromatic rings. The molecule has 1 amide bonds. The van der Waals surface area contributed by atoms with Gasteiger partial charge in [-0.2, -0.15) is 0 Å². The van der Waals surface area contributed by atoms with E-state index in [1.807, 2.05) is 30.3 Å². The van der Waals surface area contributed by atoms with Crippen LogP contribution in [0.15, 0.2) is 36.4 Å². The molecule has 3 atom stereocenters.